The maximum atomic E-state index is 6.38. The fourth-order valence-electron chi connectivity index (χ4n) is 2.72. The van der Waals surface area contributed by atoms with E-state index in [1.165, 1.54) is 16.7 Å². The Bertz CT molecular complexity index is 657. The molecule has 1 heterocycles. The van der Waals surface area contributed by atoms with E-state index in [1.807, 2.05) is 12.1 Å². The first-order chi connectivity index (χ1) is 10.2. The molecule has 110 valence electrons. The number of benzene rings is 2. The van der Waals surface area contributed by atoms with E-state index in [0.29, 0.717) is 23.3 Å². The molecule has 3 rings (SSSR count). The van der Waals surface area contributed by atoms with Crippen molar-refractivity contribution >= 4 is 23.2 Å². The average Bonchev–Trinajstić information content (AvgIpc) is 2.93. The molecule has 2 aromatic carbocycles. The maximum absolute atomic E-state index is 6.38. The first kappa shape index (κ1) is 14.9. The van der Waals surface area contributed by atoms with Gasteiger partial charge in [0.25, 0.3) is 0 Å². The van der Waals surface area contributed by atoms with Crippen LogP contribution in [0.5, 0.6) is 0 Å². The van der Waals surface area contributed by atoms with Gasteiger partial charge in [0, 0.05) is 10.0 Å². The second kappa shape index (κ2) is 6.37. The van der Waals surface area contributed by atoms with E-state index in [2.05, 4.69) is 30.4 Å². The second-order valence-electron chi connectivity index (χ2n) is 5.18. The molecule has 21 heavy (non-hydrogen) atoms. The second-order valence-corrected chi connectivity index (χ2v) is 6.02. The summed E-state index contributed by atoms with van der Waals surface area (Å²) in [4.78, 5) is 0. The molecule has 2 nitrogen and oxygen atoms in total. The highest BCUT2D eigenvalue weighted by Crippen LogP contribution is 2.32. The van der Waals surface area contributed by atoms with Gasteiger partial charge in [0.1, 0.15) is 0 Å². The maximum Gasteiger partial charge on any atom is 0.0725 e. The molecule has 1 aliphatic rings. The lowest BCUT2D eigenvalue weighted by molar-refractivity contribution is 0.134. The monoisotopic (exact) mass is 321 g/mol. The highest BCUT2D eigenvalue weighted by molar-refractivity contribution is 6.35. The molecule has 0 saturated heterocycles. The van der Waals surface area contributed by atoms with Crippen molar-refractivity contribution in [3.63, 3.8) is 0 Å². The lowest BCUT2D eigenvalue weighted by atomic mass is 9.95. The van der Waals surface area contributed by atoms with E-state index in [0.717, 1.165) is 12.1 Å². The van der Waals surface area contributed by atoms with Crippen molar-refractivity contribution < 1.29 is 4.74 Å². The van der Waals surface area contributed by atoms with Crippen LogP contribution in [0.1, 0.15) is 35.2 Å². The van der Waals surface area contributed by atoms with Crippen LogP contribution in [0.4, 0.5) is 0 Å². The molecule has 0 bridgehead atoms. The number of ether oxygens (including phenoxy) is 1. The molecule has 0 radical (unpaired) electrons. The summed E-state index contributed by atoms with van der Waals surface area (Å²) >= 11 is 12.4. The van der Waals surface area contributed by atoms with Crippen molar-refractivity contribution in [2.24, 2.45) is 0 Å². The molecule has 2 aromatic rings. The Hall–Kier alpha value is -1.06. The fraction of sp³-hybridized carbons (Fsp3) is 0.294. The Labute approximate surface area is 135 Å². The fourth-order valence-corrected chi connectivity index (χ4v) is 3.24. The molecular weight excluding hydrogens is 305 g/mol. The van der Waals surface area contributed by atoms with Gasteiger partial charge in [0.05, 0.1) is 19.3 Å². The summed E-state index contributed by atoms with van der Waals surface area (Å²) in [6.45, 7) is 4.35. The van der Waals surface area contributed by atoms with Crippen LogP contribution >= 0.6 is 23.2 Å². The van der Waals surface area contributed by atoms with Gasteiger partial charge in [0.2, 0.25) is 0 Å². The Morgan fingerprint density at radius 3 is 2.67 bits per heavy atom. The molecule has 0 amide bonds. The summed E-state index contributed by atoms with van der Waals surface area (Å²) in [7, 11) is 0. The molecular formula is C17H17Cl2NO. The van der Waals surface area contributed by atoms with Crippen molar-refractivity contribution in [3.05, 3.63) is 68.7 Å². The molecule has 0 fully saturated rings. The van der Waals surface area contributed by atoms with E-state index in [1.54, 1.807) is 6.07 Å². The molecule has 0 saturated carbocycles. The van der Waals surface area contributed by atoms with Crippen LogP contribution < -0.4 is 5.32 Å². The Balaban J connectivity index is 2.01. The van der Waals surface area contributed by atoms with Crippen LogP contribution in [0.3, 0.4) is 0 Å². The van der Waals surface area contributed by atoms with Gasteiger partial charge in [-0.2, -0.15) is 0 Å². The summed E-state index contributed by atoms with van der Waals surface area (Å²) in [6.07, 6.45) is 0. The minimum absolute atomic E-state index is 0.0608. The summed E-state index contributed by atoms with van der Waals surface area (Å²) in [5.74, 6) is 0. The van der Waals surface area contributed by atoms with Gasteiger partial charge in [0.15, 0.2) is 0 Å². The third-order valence-corrected chi connectivity index (χ3v) is 4.32. The zero-order chi connectivity index (χ0) is 14.8. The zero-order valence-corrected chi connectivity index (χ0v) is 13.3. The van der Waals surface area contributed by atoms with Gasteiger partial charge in [-0.15, -0.1) is 0 Å². The molecule has 0 spiro atoms. The molecule has 1 aliphatic heterocycles. The van der Waals surface area contributed by atoms with Crippen LogP contribution in [-0.4, -0.2) is 6.54 Å². The average molecular weight is 322 g/mol. The Kier molecular flexibility index (Phi) is 4.51. The first-order valence-corrected chi connectivity index (χ1v) is 7.82. The summed E-state index contributed by atoms with van der Waals surface area (Å²) in [5, 5.41) is 4.84. The predicted octanol–water partition coefficient (Wildman–Crippen LogP) is 4.72. The van der Waals surface area contributed by atoms with Crippen molar-refractivity contribution in [1.82, 2.24) is 5.32 Å². The normalized spacial score (nSPS) is 15.0. The van der Waals surface area contributed by atoms with Crippen molar-refractivity contribution in [3.8, 4) is 0 Å². The first-order valence-electron chi connectivity index (χ1n) is 7.07. The number of hydrogen-bond acceptors (Lipinski definition) is 2. The minimum atomic E-state index is 0.0608. The molecule has 1 atom stereocenters. The molecule has 0 aromatic heterocycles. The van der Waals surface area contributed by atoms with Crippen LogP contribution in [-0.2, 0) is 18.0 Å². The Morgan fingerprint density at radius 1 is 1.10 bits per heavy atom. The molecule has 4 heteroatoms. The van der Waals surface area contributed by atoms with Gasteiger partial charge >= 0.3 is 0 Å². The number of nitrogens with one attached hydrogen (secondary N) is 1. The van der Waals surface area contributed by atoms with Crippen LogP contribution in [0.15, 0.2) is 36.4 Å². The summed E-state index contributed by atoms with van der Waals surface area (Å²) < 4.78 is 5.49. The quantitative estimate of drug-likeness (QED) is 0.879. The van der Waals surface area contributed by atoms with Crippen molar-refractivity contribution in [2.75, 3.05) is 6.54 Å². The van der Waals surface area contributed by atoms with Crippen LogP contribution in [0.2, 0.25) is 10.0 Å². The van der Waals surface area contributed by atoms with E-state index < -0.39 is 0 Å². The van der Waals surface area contributed by atoms with Crippen molar-refractivity contribution in [2.45, 2.75) is 26.2 Å². The largest absolute Gasteiger partial charge is 0.372 e. The third-order valence-electron chi connectivity index (χ3n) is 3.76. The molecule has 0 aliphatic carbocycles. The van der Waals surface area contributed by atoms with E-state index >= 15 is 0 Å². The highest BCUT2D eigenvalue weighted by Gasteiger charge is 2.19. The SMILES string of the molecule is CCNC(c1ccc2c(c1)COC2)c1ccc(Cl)cc1Cl. The zero-order valence-electron chi connectivity index (χ0n) is 11.8. The van der Waals surface area contributed by atoms with Crippen LogP contribution in [0, 0.1) is 0 Å². The van der Waals surface area contributed by atoms with Crippen LogP contribution in [0.25, 0.3) is 0 Å². The number of halogens is 2. The van der Waals surface area contributed by atoms with E-state index in [9.17, 15) is 0 Å². The lowest BCUT2D eigenvalue weighted by Gasteiger charge is -2.21. The highest BCUT2D eigenvalue weighted by atomic mass is 35.5. The topological polar surface area (TPSA) is 21.3 Å². The molecule has 1 N–H and O–H groups in total. The van der Waals surface area contributed by atoms with Crippen molar-refractivity contribution in [1.29, 1.82) is 0 Å². The number of fused-ring (bicyclic) bond motifs is 1. The standard InChI is InChI=1S/C17H17Cl2NO/c1-2-20-17(15-6-5-14(18)8-16(15)19)11-3-4-12-9-21-10-13(12)7-11/h3-8,17,20H,2,9-10H2,1H3. The van der Waals surface area contributed by atoms with E-state index in [-0.39, 0.29) is 6.04 Å². The molecule has 1 unspecified atom stereocenters. The Morgan fingerprint density at radius 2 is 1.90 bits per heavy atom. The summed E-state index contributed by atoms with van der Waals surface area (Å²) in [5.41, 5.74) is 4.78. The third kappa shape index (κ3) is 3.09. The smallest absolute Gasteiger partial charge is 0.0725 e. The predicted molar refractivity (Wildman–Crippen MR) is 86.9 cm³/mol. The lowest BCUT2D eigenvalue weighted by Crippen LogP contribution is -2.22. The van der Waals surface area contributed by atoms with Gasteiger partial charge in [-0.05, 0) is 40.9 Å². The van der Waals surface area contributed by atoms with E-state index in [4.69, 9.17) is 27.9 Å². The summed E-state index contributed by atoms with van der Waals surface area (Å²) in [6, 6.07) is 12.2. The number of rotatable bonds is 4. The van der Waals surface area contributed by atoms with Gasteiger partial charge in [-0.25, -0.2) is 0 Å². The van der Waals surface area contributed by atoms with Gasteiger partial charge < -0.3 is 10.1 Å². The minimum Gasteiger partial charge on any atom is -0.372 e. The van der Waals surface area contributed by atoms with Gasteiger partial charge in [-0.1, -0.05) is 54.4 Å². The number of hydrogen-bond donors (Lipinski definition) is 1. The van der Waals surface area contributed by atoms with Gasteiger partial charge in [-0.3, -0.25) is 0 Å².